The fourth-order valence-corrected chi connectivity index (χ4v) is 1.87. The number of hydrogen-bond acceptors (Lipinski definition) is 2. The average Bonchev–Trinajstić information content (AvgIpc) is 2.79. The first-order valence-corrected chi connectivity index (χ1v) is 6.14. The lowest BCUT2D eigenvalue weighted by Gasteiger charge is -2.29. The molecule has 3 nitrogen and oxygen atoms in total. The Bertz CT molecular complexity index is 206. The van der Waals surface area contributed by atoms with Crippen molar-refractivity contribution >= 4 is 5.91 Å². The van der Waals surface area contributed by atoms with Gasteiger partial charge in [-0.1, -0.05) is 13.8 Å². The van der Waals surface area contributed by atoms with Crippen molar-refractivity contribution in [1.29, 1.82) is 0 Å². The van der Waals surface area contributed by atoms with Crippen molar-refractivity contribution < 1.29 is 4.79 Å². The summed E-state index contributed by atoms with van der Waals surface area (Å²) in [5, 5.41) is 3.38. The molecule has 1 N–H and O–H groups in total. The Kier molecular flexibility index (Phi) is 4.58. The van der Waals surface area contributed by atoms with Gasteiger partial charge < -0.3 is 10.2 Å². The Morgan fingerprint density at radius 1 is 1.27 bits per heavy atom. The topological polar surface area (TPSA) is 32.3 Å². The summed E-state index contributed by atoms with van der Waals surface area (Å²) in [5.41, 5.74) is 0.120. The Balaban J connectivity index is 2.32. The molecule has 15 heavy (non-hydrogen) atoms. The van der Waals surface area contributed by atoms with Crippen LogP contribution in [-0.2, 0) is 4.79 Å². The standard InChI is InChI=1S/C12H24N2O/c1-4-12(3,5-2)13-10-11(15)14-8-6-7-9-14/h13H,4-10H2,1-3H3. The largest absolute Gasteiger partial charge is 0.342 e. The highest BCUT2D eigenvalue weighted by atomic mass is 16.2. The van der Waals surface area contributed by atoms with E-state index in [2.05, 4.69) is 26.1 Å². The average molecular weight is 212 g/mol. The number of rotatable bonds is 5. The van der Waals surface area contributed by atoms with Gasteiger partial charge in [-0.15, -0.1) is 0 Å². The molecule has 0 radical (unpaired) electrons. The number of amides is 1. The highest BCUT2D eigenvalue weighted by Crippen LogP contribution is 2.13. The second kappa shape index (κ2) is 5.50. The van der Waals surface area contributed by atoms with Crippen LogP contribution < -0.4 is 5.32 Å². The van der Waals surface area contributed by atoms with Crippen LogP contribution in [0.15, 0.2) is 0 Å². The van der Waals surface area contributed by atoms with E-state index >= 15 is 0 Å². The van der Waals surface area contributed by atoms with Gasteiger partial charge in [-0.25, -0.2) is 0 Å². The predicted molar refractivity (Wildman–Crippen MR) is 62.8 cm³/mol. The maximum atomic E-state index is 11.8. The third-order valence-electron chi connectivity index (χ3n) is 3.69. The number of nitrogens with one attached hydrogen (secondary N) is 1. The third-order valence-corrected chi connectivity index (χ3v) is 3.69. The van der Waals surface area contributed by atoms with E-state index in [1.807, 2.05) is 4.90 Å². The lowest BCUT2D eigenvalue weighted by Crippen LogP contribution is -2.47. The van der Waals surface area contributed by atoms with Crippen LogP contribution >= 0.6 is 0 Å². The molecule has 1 aliphatic rings. The third kappa shape index (κ3) is 3.49. The smallest absolute Gasteiger partial charge is 0.236 e. The summed E-state index contributed by atoms with van der Waals surface area (Å²) in [7, 11) is 0. The zero-order chi connectivity index (χ0) is 11.3. The Labute approximate surface area is 93.2 Å². The number of likely N-dealkylation sites (tertiary alicyclic amines) is 1. The minimum atomic E-state index is 0.120. The molecule has 1 amide bonds. The molecule has 0 bridgehead atoms. The molecular formula is C12H24N2O. The summed E-state index contributed by atoms with van der Waals surface area (Å²) in [6.45, 7) is 8.92. The Hall–Kier alpha value is -0.570. The van der Waals surface area contributed by atoms with Gasteiger partial charge >= 0.3 is 0 Å². The van der Waals surface area contributed by atoms with Crippen LogP contribution in [0.4, 0.5) is 0 Å². The number of carbonyl (C=O) groups excluding carboxylic acids is 1. The van der Waals surface area contributed by atoms with Gasteiger partial charge in [-0.2, -0.15) is 0 Å². The molecule has 0 saturated carbocycles. The molecule has 1 heterocycles. The van der Waals surface area contributed by atoms with Gasteiger partial charge in [-0.05, 0) is 32.6 Å². The predicted octanol–water partition coefficient (Wildman–Crippen LogP) is 1.78. The van der Waals surface area contributed by atoms with Crippen LogP contribution in [-0.4, -0.2) is 36.0 Å². The van der Waals surface area contributed by atoms with Crippen molar-refractivity contribution in [2.45, 2.75) is 52.0 Å². The maximum Gasteiger partial charge on any atom is 0.236 e. The number of carbonyl (C=O) groups is 1. The van der Waals surface area contributed by atoms with E-state index < -0.39 is 0 Å². The van der Waals surface area contributed by atoms with Gasteiger partial charge in [0.2, 0.25) is 5.91 Å². The summed E-state index contributed by atoms with van der Waals surface area (Å²) in [6, 6.07) is 0. The number of nitrogens with zero attached hydrogens (tertiary/aromatic N) is 1. The summed E-state index contributed by atoms with van der Waals surface area (Å²) in [4.78, 5) is 13.8. The molecule has 0 aliphatic carbocycles. The Morgan fingerprint density at radius 2 is 1.80 bits per heavy atom. The molecule has 0 unspecified atom stereocenters. The van der Waals surface area contributed by atoms with E-state index in [4.69, 9.17) is 0 Å². The molecule has 1 saturated heterocycles. The fourth-order valence-electron chi connectivity index (χ4n) is 1.87. The molecule has 3 heteroatoms. The first-order valence-electron chi connectivity index (χ1n) is 6.14. The minimum absolute atomic E-state index is 0.120. The molecule has 0 aromatic heterocycles. The second-order valence-corrected chi connectivity index (χ2v) is 4.71. The van der Waals surface area contributed by atoms with Crippen LogP contribution in [0.2, 0.25) is 0 Å². The monoisotopic (exact) mass is 212 g/mol. The fraction of sp³-hybridized carbons (Fsp3) is 0.917. The molecule has 0 atom stereocenters. The normalized spacial score (nSPS) is 17.1. The summed E-state index contributed by atoms with van der Waals surface area (Å²) in [5.74, 6) is 0.264. The maximum absolute atomic E-state index is 11.8. The summed E-state index contributed by atoms with van der Waals surface area (Å²) >= 11 is 0. The quantitative estimate of drug-likeness (QED) is 0.753. The van der Waals surface area contributed by atoms with E-state index in [0.29, 0.717) is 6.54 Å². The molecule has 0 aromatic rings. The van der Waals surface area contributed by atoms with Crippen molar-refractivity contribution in [3.63, 3.8) is 0 Å². The first kappa shape index (κ1) is 12.5. The SMILES string of the molecule is CCC(C)(CC)NCC(=O)N1CCCC1. The first-order chi connectivity index (χ1) is 7.11. The minimum Gasteiger partial charge on any atom is -0.342 e. The van der Waals surface area contributed by atoms with Gasteiger partial charge in [0.15, 0.2) is 0 Å². The van der Waals surface area contributed by atoms with E-state index in [-0.39, 0.29) is 11.4 Å². The van der Waals surface area contributed by atoms with Crippen molar-refractivity contribution in [3.8, 4) is 0 Å². The van der Waals surface area contributed by atoms with E-state index in [1.54, 1.807) is 0 Å². The highest BCUT2D eigenvalue weighted by molar-refractivity contribution is 5.78. The van der Waals surface area contributed by atoms with Gasteiger partial charge in [0.1, 0.15) is 0 Å². The van der Waals surface area contributed by atoms with E-state index in [9.17, 15) is 4.79 Å². The van der Waals surface area contributed by atoms with Gasteiger partial charge in [0, 0.05) is 18.6 Å². The van der Waals surface area contributed by atoms with Crippen LogP contribution in [0.1, 0.15) is 46.5 Å². The zero-order valence-corrected chi connectivity index (χ0v) is 10.3. The van der Waals surface area contributed by atoms with Gasteiger partial charge in [0.25, 0.3) is 0 Å². The van der Waals surface area contributed by atoms with E-state index in [0.717, 1.165) is 25.9 Å². The zero-order valence-electron chi connectivity index (χ0n) is 10.3. The molecule has 88 valence electrons. The van der Waals surface area contributed by atoms with Gasteiger partial charge in [-0.3, -0.25) is 4.79 Å². The highest BCUT2D eigenvalue weighted by Gasteiger charge is 2.22. The lowest BCUT2D eigenvalue weighted by atomic mass is 9.96. The van der Waals surface area contributed by atoms with Crippen molar-refractivity contribution in [2.75, 3.05) is 19.6 Å². The second-order valence-electron chi connectivity index (χ2n) is 4.71. The van der Waals surface area contributed by atoms with Crippen molar-refractivity contribution in [2.24, 2.45) is 0 Å². The van der Waals surface area contributed by atoms with Gasteiger partial charge in [0.05, 0.1) is 6.54 Å². The summed E-state index contributed by atoms with van der Waals surface area (Å²) in [6.07, 6.45) is 4.47. The van der Waals surface area contributed by atoms with E-state index in [1.165, 1.54) is 12.8 Å². The Morgan fingerprint density at radius 3 is 2.27 bits per heavy atom. The number of hydrogen-bond donors (Lipinski definition) is 1. The molecule has 0 spiro atoms. The van der Waals surface area contributed by atoms with Crippen molar-refractivity contribution in [1.82, 2.24) is 10.2 Å². The van der Waals surface area contributed by atoms with Crippen LogP contribution in [0.3, 0.4) is 0 Å². The molecule has 1 fully saturated rings. The molecular weight excluding hydrogens is 188 g/mol. The van der Waals surface area contributed by atoms with Crippen LogP contribution in [0, 0.1) is 0 Å². The van der Waals surface area contributed by atoms with Crippen LogP contribution in [0.5, 0.6) is 0 Å². The summed E-state index contributed by atoms with van der Waals surface area (Å²) < 4.78 is 0. The molecule has 1 rings (SSSR count). The molecule has 1 aliphatic heterocycles. The molecule has 0 aromatic carbocycles. The van der Waals surface area contributed by atoms with Crippen LogP contribution in [0.25, 0.3) is 0 Å². The lowest BCUT2D eigenvalue weighted by molar-refractivity contribution is -0.129. The van der Waals surface area contributed by atoms with Crippen molar-refractivity contribution in [3.05, 3.63) is 0 Å².